The van der Waals surface area contributed by atoms with E-state index in [-0.39, 0.29) is 37.3 Å². The quantitative estimate of drug-likeness (QED) is 0.0431. The number of carbonyl (C=O) groups excluding carboxylic acids is 5. The number of carboxylic acids is 1. The predicted octanol–water partition coefficient (Wildman–Crippen LogP) is 6.66. The molecule has 0 aromatic heterocycles. The van der Waals surface area contributed by atoms with Crippen molar-refractivity contribution in [2.45, 2.75) is 94.9 Å². The molecule has 0 bridgehead atoms. The van der Waals surface area contributed by atoms with Gasteiger partial charge in [-0.25, -0.2) is 19.2 Å². The summed E-state index contributed by atoms with van der Waals surface area (Å²) in [6, 6.07) is 31.6. The zero-order chi connectivity index (χ0) is 46.2. The number of benzene rings is 4. The van der Waals surface area contributed by atoms with Gasteiger partial charge in [0.1, 0.15) is 35.1 Å². The molecule has 0 aliphatic rings. The highest BCUT2D eigenvalue weighted by Crippen LogP contribution is 2.48. The Bertz CT molecular complexity index is 2050. The number of nitrogens with two attached hydrogens (primary N) is 1. The van der Waals surface area contributed by atoms with Crippen LogP contribution in [0.1, 0.15) is 76.6 Å². The average Bonchev–Trinajstić information content (AvgIpc) is 3.21. The maximum atomic E-state index is 14.1. The van der Waals surface area contributed by atoms with Crippen molar-refractivity contribution in [3.8, 4) is 5.75 Å². The van der Waals surface area contributed by atoms with E-state index in [1.165, 1.54) is 36.0 Å². The van der Waals surface area contributed by atoms with E-state index in [1.54, 1.807) is 41.5 Å². The van der Waals surface area contributed by atoms with E-state index in [9.17, 15) is 33.9 Å². The summed E-state index contributed by atoms with van der Waals surface area (Å²) in [7, 11) is 0. The van der Waals surface area contributed by atoms with E-state index >= 15 is 0 Å². The molecular weight excluding hydrogens is 827 g/mol. The van der Waals surface area contributed by atoms with Crippen molar-refractivity contribution >= 4 is 47.8 Å². The van der Waals surface area contributed by atoms with Gasteiger partial charge in [0.2, 0.25) is 11.8 Å². The molecule has 4 aromatic carbocycles. The monoisotopic (exact) mass is 883 g/mol. The smallest absolute Gasteiger partial charge is 0.413 e. The summed E-state index contributed by atoms with van der Waals surface area (Å²) in [5.41, 5.74) is 7.71. The van der Waals surface area contributed by atoms with Crippen LogP contribution in [-0.2, 0) is 35.0 Å². The van der Waals surface area contributed by atoms with Gasteiger partial charge in [0.25, 0.3) is 0 Å². The lowest BCUT2D eigenvalue weighted by molar-refractivity contribution is -0.139. The maximum absolute atomic E-state index is 14.1. The van der Waals surface area contributed by atoms with Gasteiger partial charge >= 0.3 is 24.2 Å². The van der Waals surface area contributed by atoms with Gasteiger partial charge in [0.05, 0.1) is 4.75 Å². The molecule has 0 fully saturated rings. The lowest BCUT2D eigenvalue weighted by Crippen LogP contribution is -2.54. The molecule has 5 amide bonds. The van der Waals surface area contributed by atoms with E-state index in [1.807, 2.05) is 91.0 Å². The first-order valence-corrected chi connectivity index (χ1v) is 21.4. The second-order valence-corrected chi connectivity index (χ2v) is 17.8. The summed E-state index contributed by atoms with van der Waals surface area (Å²) in [4.78, 5) is 76.9. The lowest BCUT2D eigenvalue weighted by atomic mass is 9.84. The Morgan fingerprint density at radius 2 is 1.10 bits per heavy atom. The van der Waals surface area contributed by atoms with E-state index in [0.717, 1.165) is 16.7 Å². The Balaban J connectivity index is 1.52. The number of thioether (sulfide) groups is 1. The third kappa shape index (κ3) is 15.7. The number of alkyl carbamates (subject to hydrolysis) is 2. The largest absolute Gasteiger partial charge is 0.480 e. The Hall–Kier alpha value is -6.55. The van der Waals surface area contributed by atoms with Gasteiger partial charge in [-0.15, -0.1) is 11.8 Å². The summed E-state index contributed by atoms with van der Waals surface area (Å²) in [5.74, 6) is -2.67. The van der Waals surface area contributed by atoms with Crippen LogP contribution in [0.4, 0.5) is 14.4 Å². The molecule has 0 spiro atoms. The van der Waals surface area contributed by atoms with Crippen molar-refractivity contribution in [2.24, 2.45) is 5.73 Å². The highest BCUT2D eigenvalue weighted by molar-refractivity contribution is 8.00. The van der Waals surface area contributed by atoms with Crippen molar-refractivity contribution in [2.75, 3.05) is 12.3 Å². The Labute approximate surface area is 372 Å². The number of amides is 5. The van der Waals surface area contributed by atoms with E-state index in [0.29, 0.717) is 5.56 Å². The topological polar surface area (TPSA) is 224 Å². The lowest BCUT2D eigenvalue weighted by Gasteiger charge is -2.36. The second kappa shape index (κ2) is 22.5. The van der Waals surface area contributed by atoms with Crippen LogP contribution in [0.2, 0.25) is 0 Å². The van der Waals surface area contributed by atoms with Crippen molar-refractivity contribution < 1.29 is 48.1 Å². The van der Waals surface area contributed by atoms with Crippen molar-refractivity contribution in [1.29, 1.82) is 0 Å². The maximum Gasteiger partial charge on any atom is 0.413 e. The Kier molecular flexibility index (Phi) is 17.6. The number of carboxylic acid groups (broad SMARTS) is 1. The molecule has 15 nitrogen and oxygen atoms in total. The number of ether oxygens (including phenoxy) is 3. The van der Waals surface area contributed by atoms with E-state index < -0.39 is 70.1 Å². The molecule has 16 heteroatoms. The van der Waals surface area contributed by atoms with Crippen LogP contribution in [0.3, 0.4) is 0 Å². The number of nitrogens with one attached hydrogen (secondary N) is 4. The molecule has 3 atom stereocenters. The number of carbonyl (C=O) groups is 6. The summed E-state index contributed by atoms with van der Waals surface area (Å²) in [6.07, 6.45) is -2.41. The van der Waals surface area contributed by atoms with Crippen molar-refractivity contribution in [3.63, 3.8) is 0 Å². The van der Waals surface area contributed by atoms with Crippen molar-refractivity contribution in [1.82, 2.24) is 21.3 Å². The standard InChI is InChI=1S/C47H57N5O10S/c1-45(2,3)61-42(57)49-28-16-23-36(51-43(58)60-35-26-24-31(25-27-35)29-37(41(55)56)52-44(59)62-46(4,5)6)40(54)50-38(39(48)53)30-63-47(32-17-10-7-11-18-32,33-19-12-8-13-20-33)34-21-14-9-15-22-34/h7-15,17-22,24-27,36-38H,16,23,28-30H2,1-6H3,(H2,48,53)(H,49,57)(H,50,54)(H,51,58)(H,52,59)(H,55,56)/t36-,37-,38-/m0/s1. The van der Waals surface area contributed by atoms with Crippen LogP contribution in [0.5, 0.6) is 5.75 Å². The first-order valence-electron chi connectivity index (χ1n) is 20.4. The molecule has 0 aliphatic carbocycles. The summed E-state index contributed by atoms with van der Waals surface area (Å²) in [6.45, 7) is 10.2. The first-order chi connectivity index (χ1) is 29.8. The highest BCUT2D eigenvalue weighted by Gasteiger charge is 2.39. The number of hydrogen-bond acceptors (Lipinski definition) is 10. The fourth-order valence-electron chi connectivity index (χ4n) is 6.38. The van der Waals surface area contributed by atoms with Gasteiger partial charge < -0.3 is 46.3 Å². The van der Waals surface area contributed by atoms with Gasteiger partial charge in [0, 0.05) is 18.7 Å². The van der Waals surface area contributed by atoms with Crippen molar-refractivity contribution in [3.05, 3.63) is 138 Å². The average molecular weight is 884 g/mol. The van der Waals surface area contributed by atoms with Gasteiger partial charge in [-0.2, -0.15) is 0 Å². The second-order valence-electron chi connectivity index (χ2n) is 16.6. The molecule has 336 valence electrons. The first kappa shape index (κ1) is 49.1. The third-order valence-corrected chi connectivity index (χ3v) is 10.8. The van der Waals surface area contributed by atoms with E-state index in [2.05, 4.69) is 21.3 Å². The SMILES string of the molecule is CC(C)(C)OC(=O)NCCC[C@H](NC(=O)Oc1ccc(C[C@H](NC(=O)OC(C)(C)C)C(=O)O)cc1)C(=O)N[C@@H](CSC(c1ccccc1)(c1ccccc1)c1ccccc1)C(N)=O. The number of aliphatic carboxylic acids is 1. The van der Waals surface area contributed by atoms with Crippen LogP contribution >= 0.6 is 11.8 Å². The summed E-state index contributed by atoms with van der Waals surface area (Å²) >= 11 is 1.43. The molecule has 0 aliphatic heterocycles. The minimum absolute atomic E-state index is 0.0114. The van der Waals surface area contributed by atoms with E-state index in [4.69, 9.17) is 19.9 Å². The third-order valence-electron chi connectivity index (χ3n) is 9.18. The summed E-state index contributed by atoms with van der Waals surface area (Å²) < 4.78 is 15.1. The predicted molar refractivity (Wildman–Crippen MR) is 240 cm³/mol. The zero-order valence-electron chi connectivity index (χ0n) is 36.3. The van der Waals surface area contributed by atoms with Crippen LogP contribution in [0.15, 0.2) is 115 Å². The molecule has 0 radical (unpaired) electrons. The minimum Gasteiger partial charge on any atom is -0.480 e. The normalized spacial score (nSPS) is 13.0. The number of primary amides is 1. The molecule has 4 rings (SSSR count). The number of rotatable bonds is 19. The molecular formula is C47H57N5O10S. The van der Waals surface area contributed by atoms with Gasteiger partial charge in [-0.3, -0.25) is 9.59 Å². The molecule has 0 heterocycles. The highest BCUT2D eigenvalue weighted by atomic mass is 32.2. The molecule has 4 aromatic rings. The van der Waals surface area contributed by atoms with Crippen LogP contribution in [0.25, 0.3) is 0 Å². The molecule has 63 heavy (non-hydrogen) atoms. The fourth-order valence-corrected chi connectivity index (χ4v) is 7.95. The fraction of sp³-hybridized carbons (Fsp3) is 0.362. The summed E-state index contributed by atoms with van der Waals surface area (Å²) in [5, 5.41) is 20.0. The number of hydrogen-bond donors (Lipinski definition) is 6. The van der Waals surface area contributed by atoms with Crippen LogP contribution < -0.4 is 31.7 Å². The van der Waals surface area contributed by atoms with Gasteiger partial charge in [0.15, 0.2) is 0 Å². The van der Waals surface area contributed by atoms with Crippen LogP contribution in [-0.4, -0.2) is 82.8 Å². The van der Waals surface area contributed by atoms with Gasteiger partial charge in [-0.1, -0.05) is 103 Å². The molecule has 0 saturated heterocycles. The Morgan fingerprint density at radius 3 is 1.56 bits per heavy atom. The van der Waals surface area contributed by atoms with Crippen LogP contribution in [0, 0.1) is 0 Å². The molecule has 0 saturated carbocycles. The van der Waals surface area contributed by atoms with Gasteiger partial charge in [-0.05, 0) is 88.8 Å². The molecule has 0 unspecified atom stereocenters. The molecule has 7 N–H and O–H groups in total. The zero-order valence-corrected chi connectivity index (χ0v) is 37.2. The minimum atomic E-state index is -1.30. The Morgan fingerprint density at radius 1 is 0.619 bits per heavy atom.